The molecule has 17 heavy (non-hydrogen) atoms. The number of hydrogen-bond donors (Lipinski definition) is 3. The lowest BCUT2D eigenvalue weighted by atomic mass is 9.88. The number of phenolic OH excluding ortho intramolecular Hbond substituents is 1. The smallest absolute Gasteiger partial charge is 0.227 e. The van der Waals surface area contributed by atoms with E-state index in [1.165, 1.54) is 0 Å². The Labute approximate surface area is 101 Å². The van der Waals surface area contributed by atoms with Gasteiger partial charge in [-0.3, -0.25) is 4.79 Å². The first-order valence-electron chi connectivity index (χ1n) is 5.89. The molecule has 1 aliphatic rings. The molecule has 1 aliphatic heterocycles. The van der Waals surface area contributed by atoms with Crippen molar-refractivity contribution in [1.82, 2.24) is 5.32 Å². The molecule has 1 saturated heterocycles. The normalized spacial score (nSPS) is 17.3. The highest BCUT2D eigenvalue weighted by atomic mass is 16.3. The molecule has 1 aromatic rings. The van der Waals surface area contributed by atoms with Gasteiger partial charge in [-0.05, 0) is 49.7 Å². The Hall–Kier alpha value is -1.55. The first-order valence-corrected chi connectivity index (χ1v) is 5.89. The maximum atomic E-state index is 11.9. The fourth-order valence-electron chi connectivity index (χ4n) is 1.87. The van der Waals surface area contributed by atoms with Gasteiger partial charge < -0.3 is 15.7 Å². The average Bonchev–Trinajstić information content (AvgIpc) is 2.21. The summed E-state index contributed by atoms with van der Waals surface area (Å²) >= 11 is 0. The van der Waals surface area contributed by atoms with Crippen LogP contribution in [0.5, 0.6) is 5.75 Å². The molecule has 2 rings (SSSR count). The van der Waals surface area contributed by atoms with Gasteiger partial charge in [-0.2, -0.15) is 0 Å². The Morgan fingerprint density at radius 3 is 2.76 bits per heavy atom. The Morgan fingerprint density at radius 2 is 2.24 bits per heavy atom. The van der Waals surface area contributed by atoms with Gasteiger partial charge in [-0.25, -0.2) is 0 Å². The molecule has 1 aromatic carbocycles. The minimum absolute atomic E-state index is 0.0189. The summed E-state index contributed by atoms with van der Waals surface area (Å²) in [6, 6.07) is 5.09. The zero-order valence-electron chi connectivity index (χ0n) is 10.2. The van der Waals surface area contributed by atoms with Crippen molar-refractivity contribution in [1.29, 1.82) is 0 Å². The number of amides is 1. The zero-order chi connectivity index (χ0) is 12.4. The van der Waals surface area contributed by atoms with Crippen LogP contribution >= 0.6 is 0 Å². The third kappa shape index (κ3) is 2.58. The van der Waals surface area contributed by atoms with E-state index in [0.717, 1.165) is 24.3 Å². The molecule has 3 N–H and O–H groups in total. The van der Waals surface area contributed by atoms with Crippen LogP contribution in [0.3, 0.4) is 0 Å². The van der Waals surface area contributed by atoms with E-state index >= 15 is 0 Å². The lowest BCUT2D eigenvalue weighted by Gasteiger charge is -2.31. The number of anilines is 1. The number of phenols is 1. The molecule has 0 radical (unpaired) electrons. The van der Waals surface area contributed by atoms with Gasteiger partial charge >= 0.3 is 0 Å². The highest BCUT2D eigenvalue weighted by molar-refractivity contribution is 5.92. The lowest BCUT2D eigenvalue weighted by Crippen LogP contribution is -2.48. The number of aromatic hydroxyl groups is 1. The van der Waals surface area contributed by atoms with Crippen LogP contribution in [0.15, 0.2) is 18.2 Å². The maximum absolute atomic E-state index is 11.9. The second-order valence-electron chi connectivity index (χ2n) is 4.70. The van der Waals surface area contributed by atoms with Gasteiger partial charge in [0.15, 0.2) is 0 Å². The van der Waals surface area contributed by atoms with Crippen LogP contribution < -0.4 is 10.6 Å². The van der Waals surface area contributed by atoms with Crippen LogP contribution in [0.4, 0.5) is 5.69 Å². The third-order valence-electron chi connectivity index (χ3n) is 3.40. The van der Waals surface area contributed by atoms with Gasteiger partial charge in [-0.15, -0.1) is 0 Å². The van der Waals surface area contributed by atoms with Crippen molar-refractivity contribution in [3.05, 3.63) is 23.8 Å². The Balaban J connectivity index is 1.99. The summed E-state index contributed by atoms with van der Waals surface area (Å²) in [4.78, 5) is 11.9. The van der Waals surface area contributed by atoms with E-state index in [1.807, 2.05) is 13.8 Å². The Kier molecular flexibility index (Phi) is 3.33. The first kappa shape index (κ1) is 11.9. The van der Waals surface area contributed by atoms with Crippen molar-refractivity contribution < 1.29 is 9.90 Å². The van der Waals surface area contributed by atoms with E-state index in [4.69, 9.17) is 0 Å². The van der Waals surface area contributed by atoms with E-state index in [1.54, 1.807) is 18.2 Å². The predicted octanol–water partition coefficient (Wildman–Crippen LogP) is 1.49. The van der Waals surface area contributed by atoms with E-state index < -0.39 is 0 Å². The second kappa shape index (κ2) is 4.75. The molecule has 0 spiro atoms. The fraction of sp³-hybridized carbons (Fsp3) is 0.462. The molecular weight excluding hydrogens is 216 g/mol. The Morgan fingerprint density at radius 1 is 1.53 bits per heavy atom. The molecule has 1 heterocycles. The SMILES string of the molecule is Cc1cc(NC(=O)C(C)C2CNC2)ccc1O. The molecular formula is C13H18N2O2. The van der Waals surface area contributed by atoms with Gasteiger partial charge in [0.05, 0.1) is 0 Å². The highest BCUT2D eigenvalue weighted by Crippen LogP contribution is 2.22. The summed E-state index contributed by atoms with van der Waals surface area (Å²) in [5, 5.41) is 15.4. The molecule has 1 amide bonds. The van der Waals surface area contributed by atoms with Crippen LogP contribution in [-0.2, 0) is 4.79 Å². The summed E-state index contributed by atoms with van der Waals surface area (Å²) < 4.78 is 0. The second-order valence-corrected chi connectivity index (χ2v) is 4.70. The first-order chi connectivity index (χ1) is 8.08. The number of rotatable bonds is 3. The summed E-state index contributed by atoms with van der Waals surface area (Å²) in [6.45, 7) is 5.60. The number of carbonyl (C=O) groups is 1. The molecule has 1 unspecified atom stereocenters. The van der Waals surface area contributed by atoms with Crippen LogP contribution in [-0.4, -0.2) is 24.1 Å². The van der Waals surface area contributed by atoms with Crippen molar-refractivity contribution in [2.45, 2.75) is 13.8 Å². The summed E-state index contributed by atoms with van der Waals surface area (Å²) in [6.07, 6.45) is 0. The summed E-state index contributed by atoms with van der Waals surface area (Å²) in [5.74, 6) is 0.749. The highest BCUT2D eigenvalue weighted by Gasteiger charge is 2.28. The standard InChI is InChI=1S/C13H18N2O2/c1-8-5-11(3-4-12(8)16)15-13(17)9(2)10-6-14-7-10/h3-5,9-10,14,16H,6-7H2,1-2H3,(H,15,17). The van der Waals surface area contributed by atoms with Gasteiger partial charge in [0.25, 0.3) is 0 Å². The van der Waals surface area contributed by atoms with Gasteiger partial charge in [0.2, 0.25) is 5.91 Å². The molecule has 1 atom stereocenters. The number of carbonyl (C=O) groups excluding carboxylic acids is 1. The van der Waals surface area contributed by atoms with Crippen LogP contribution in [0, 0.1) is 18.8 Å². The van der Waals surface area contributed by atoms with Gasteiger partial charge in [-0.1, -0.05) is 6.92 Å². The number of nitrogens with one attached hydrogen (secondary N) is 2. The minimum atomic E-state index is 0.0189. The van der Waals surface area contributed by atoms with Crippen LogP contribution in [0.2, 0.25) is 0 Å². The quantitative estimate of drug-likeness (QED) is 0.694. The number of hydrogen-bond acceptors (Lipinski definition) is 3. The zero-order valence-corrected chi connectivity index (χ0v) is 10.2. The maximum Gasteiger partial charge on any atom is 0.227 e. The van der Waals surface area contributed by atoms with Gasteiger partial charge in [0.1, 0.15) is 5.75 Å². The Bertz CT molecular complexity index is 427. The van der Waals surface area contributed by atoms with E-state index in [-0.39, 0.29) is 17.6 Å². The van der Waals surface area contributed by atoms with Crippen LogP contribution in [0.1, 0.15) is 12.5 Å². The van der Waals surface area contributed by atoms with Crippen molar-refractivity contribution in [3.63, 3.8) is 0 Å². The molecule has 0 aromatic heterocycles. The predicted molar refractivity (Wildman–Crippen MR) is 67.0 cm³/mol. The van der Waals surface area contributed by atoms with Crippen molar-refractivity contribution in [2.75, 3.05) is 18.4 Å². The lowest BCUT2D eigenvalue weighted by molar-refractivity contribution is -0.121. The minimum Gasteiger partial charge on any atom is -0.508 e. The van der Waals surface area contributed by atoms with E-state index in [2.05, 4.69) is 10.6 Å². The molecule has 0 aliphatic carbocycles. The van der Waals surface area contributed by atoms with Gasteiger partial charge in [0, 0.05) is 11.6 Å². The molecule has 4 heteroatoms. The fourth-order valence-corrected chi connectivity index (χ4v) is 1.87. The third-order valence-corrected chi connectivity index (χ3v) is 3.40. The molecule has 0 saturated carbocycles. The topological polar surface area (TPSA) is 61.4 Å². The average molecular weight is 234 g/mol. The van der Waals surface area contributed by atoms with Crippen LogP contribution in [0.25, 0.3) is 0 Å². The number of aryl methyl sites for hydroxylation is 1. The number of benzene rings is 1. The molecule has 1 fully saturated rings. The summed E-state index contributed by atoms with van der Waals surface area (Å²) in [7, 11) is 0. The van der Waals surface area contributed by atoms with Crippen molar-refractivity contribution in [2.24, 2.45) is 11.8 Å². The molecule has 92 valence electrons. The summed E-state index contributed by atoms with van der Waals surface area (Å²) in [5.41, 5.74) is 1.50. The van der Waals surface area contributed by atoms with E-state index in [9.17, 15) is 9.90 Å². The largest absolute Gasteiger partial charge is 0.508 e. The molecule has 0 bridgehead atoms. The van der Waals surface area contributed by atoms with Crippen molar-refractivity contribution >= 4 is 11.6 Å². The molecule has 4 nitrogen and oxygen atoms in total. The van der Waals surface area contributed by atoms with E-state index in [0.29, 0.717) is 5.92 Å². The van der Waals surface area contributed by atoms with Crippen molar-refractivity contribution in [3.8, 4) is 5.75 Å². The monoisotopic (exact) mass is 234 g/mol.